The van der Waals surface area contributed by atoms with Gasteiger partial charge in [-0.05, 0) is 52.9 Å². The Balaban J connectivity index is 1.87. The van der Waals surface area contributed by atoms with Crippen LogP contribution in [0.5, 0.6) is 0 Å². The van der Waals surface area contributed by atoms with E-state index in [1.54, 1.807) is 0 Å². The minimum absolute atomic E-state index is 0.00443. The van der Waals surface area contributed by atoms with Gasteiger partial charge < -0.3 is 15.4 Å². The lowest BCUT2D eigenvalue weighted by Gasteiger charge is -2.30. The molecule has 1 aliphatic heterocycles. The third kappa shape index (κ3) is 5.43. The van der Waals surface area contributed by atoms with E-state index in [1.165, 1.54) is 0 Å². The van der Waals surface area contributed by atoms with Crippen LogP contribution in [0.15, 0.2) is 0 Å². The summed E-state index contributed by atoms with van der Waals surface area (Å²) in [6, 6.07) is 0.148. The van der Waals surface area contributed by atoms with Gasteiger partial charge in [-0.25, -0.2) is 13.2 Å². The summed E-state index contributed by atoms with van der Waals surface area (Å²) in [6.45, 7) is 5.51. The highest BCUT2D eigenvalue weighted by atomic mass is 32.2. The Bertz CT molecular complexity index is 498. The third-order valence-electron chi connectivity index (χ3n) is 4.13. The number of hydrogen-bond acceptors (Lipinski definition) is 5. The Morgan fingerprint density at radius 1 is 1.09 bits per heavy atom. The van der Waals surface area contributed by atoms with E-state index < -0.39 is 21.5 Å². The minimum Gasteiger partial charge on any atom is -0.444 e. The van der Waals surface area contributed by atoms with Crippen molar-refractivity contribution in [3.05, 3.63) is 0 Å². The van der Waals surface area contributed by atoms with Crippen LogP contribution in [0.1, 0.15) is 52.9 Å². The second-order valence-electron chi connectivity index (χ2n) is 7.41. The molecule has 3 atom stereocenters. The van der Waals surface area contributed by atoms with Crippen LogP contribution in [0.25, 0.3) is 0 Å². The van der Waals surface area contributed by atoms with Gasteiger partial charge in [0.1, 0.15) is 5.60 Å². The Morgan fingerprint density at radius 2 is 1.77 bits per heavy atom. The molecule has 2 rings (SSSR count). The molecule has 1 saturated carbocycles. The second-order valence-corrected chi connectivity index (χ2v) is 9.64. The fourth-order valence-corrected chi connectivity index (χ4v) is 4.90. The number of amides is 1. The molecule has 1 amide bonds. The highest BCUT2D eigenvalue weighted by Gasteiger charge is 2.33. The van der Waals surface area contributed by atoms with Gasteiger partial charge in [-0.2, -0.15) is 0 Å². The number of carbonyl (C=O) groups is 1. The van der Waals surface area contributed by atoms with Crippen LogP contribution in [-0.4, -0.2) is 49.7 Å². The van der Waals surface area contributed by atoms with E-state index in [0.29, 0.717) is 5.75 Å². The van der Waals surface area contributed by atoms with Crippen molar-refractivity contribution in [1.82, 2.24) is 10.6 Å². The fourth-order valence-electron chi connectivity index (χ4n) is 3.25. The van der Waals surface area contributed by atoms with E-state index >= 15 is 0 Å². The number of ether oxygens (including phenoxy) is 1. The molecule has 0 bridgehead atoms. The zero-order valence-corrected chi connectivity index (χ0v) is 14.5. The summed E-state index contributed by atoms with van der Waals surface area (Å²) in [5, 5.41) is 6.36. The molecule has 1 saturated heterocycles. The summed E-state index contributed by atoms with van der Waals surface area (Å²) >= 11 is 0. The van der Waals surface area contributed by atoms with E-state index in [9.17, 15) is 13.2 Å². The van der Waals surface area contributed by atoms with Gasteiger partial charge in [0.25, 0.3) is 0 Å². The monoisotopic (exact) mass is 332 g/mol. The molecular weight excluding hydrogens is 304 g/mol. The summed E-state index contributed by atoms with van der Waals surface area (Å²) in [6.07, 6.45) is 4.08. The third-order valence-corrected chi connectivity index (χ3v) is 5.95. The van der Waals surface area contributed by atoms with Crippen molar-refractivity contribution in [1.29, 1.82) is 0 Å². The molecule has 2 aliphatic rings. The van der Waals surface area contributed by atoms with E-state index in [4.69, 9.17) is 4.74 Å². The van der Waals surface area contributed by atoms with Gasteiger partial charge in [-0.1, -0.05) is 0 Å². The van der Waals surface area contributed by atoms with Crippen molar-refractivity contribution < 1.29 is 17.9 Å². The maximum Gasteiger partial charge on any atom is 0.407 e. The molecule has 0 radical (unpaired) electrons. The Morgan fingerprint density at radius 3 is 2.41 bits per heavy atom. The standard InChI is InChI=1S/C15H28N2O4S/c1-15(2,3)21-14(18)17-13-8-4-7-12(13)16-11-6-5-9-22(19,20)10-11/h11-13,16H,4-10H2,1-3H3,(H,17,18). The molecule has 0 spiro atoms. The number of alkyl carbamates (subject to hydrolysis) is 1. The number of carbonyl (C=O) groups excluding carboxylic acids is 1. The van der Waals surface area contributed by atoms with Crippen molar-refractivity contribution in [2.75, 3.05) is 11.5 Å². The smallest absolute Gasteiger partial charge is 0.407 e. The maximum absolute atomic E-state index is 11.9. The van der Waals surface area contributed by atoms with Gasteiger partial charge in [-0.15, -0.1) is 0 Å². The predicted octanol–water partition coefficient (Wildman–Crippen LogP) is 1.60. The van der Waals surface area contributed by atoms with Crippen LogP contribution in [-0.2, 0) is 14.6 Å². The lowest BCUT2D eigenvalue weighted by atomic mass is 10.1. The fraction of sp³-hybridized carbons (Fsp3) is 0.933. The molecule has 7 heteroatoms. The molecule has 128 valence electrons. The topological polar surface area (TPSA) is 84.5 Å². The molecule has 1 aliphatic carbocycles. The number of sulfone groups is 1. The van der Waals surface area contributed by atoms with E-state index in [1.807, 2.05) is 20.8 Å². The Hall–Kier alpha value is -0.820. The van der Waals surface area contributed by atoms with Gasteiger partial charge >= 0.3 is 6.09 Å². The molecule has 22 heavy (non-hydrogen) atoms. The van der Waals surface area contributed by atoms with Crippen LogP contribution < -0.4 is 10.6 Å². The van der Waals surface area contributed by atoms with Gasteiger partial charge in [0, 0.05) is 18.1 Å². The van der Waals surface area contributed by atoms with Crippen molar-refractivity contribution in [3.63, 3.8) is 0 Å². The van der Waals surface area contributed by atoms with E-state index in [-0.39, 0.29) is 23.9 Å². The van der Waals surface area contributed by atoms with Gasteiger partial charge in [-0.3, -0.25) is 0 Å². The number of nitrogens with one attached hydrogen (secondary N) is 2. The molecule has 0 aromatic rings. The summed E-state index contributed by atoms with van der Waals surface area (Å²) in [5.74, 6) is 0.512. The van der Waals surface area contributed by atoms with Crippen LogP contribution >= 0.6 is 0 Å². The average Bonchev–Trinajstić information content (AvgIpc) is 2.72. The molecule has 3 unspecified atom stereocenters. The first-order chi connectivity index (χ1) is 10.1. The van der Waals surface area contributed by atoms with Crippen molar-refractivity contribution in [2.45, 2.75) is 76.6 Å². The van der Waals surface area contributed by atoms with Gasteiger partial charge in [0.05, 0.1) is 11.5 Å². The molecular formula is C15H28N2O4S. The Labute approximate surface area is 133 Å². The van der Waals surface area contributed by atoms with Crippen LogP contribution in [0.4, 0.5) is 4.79 Å². The lowest BCUT2D eigenvalue weighted by molar-refractivity contribution is 0.0496. The average molecular weight is 332 g/mol. The molecule has 1 heterocycles. The highest BCUT2D eigenvalue weighted by Crippen LogP contribution is 2.22. The van der Waals surface area contributed by atoms with Crippen molar-refractivity contribution in [3.8, 4) is 0 Å². The van der Waals surface area contributed by atoms with Crippen LogP contribution in [0.2, 0.25) is 0 Å². The molecule has 2 fully saturated rings. The van der Waals surface area contributed by atoms with Gasteiger partial charge in [0.15, 0.2) is 9.84 Å². The summed E-state index contributed by atoms with van der Waals surface area (Å²) < 4.78 is 28.7. The highest BCUT2D eigenvalue weighted by molar-refractivity contribution is 7.91. The van der Waals surface area contributed by atoms with Gasteiger partial charge in [0.2, 0.25) is 0 Å². The Kier molecular flexibility index (Phi) is 5.37. The first kappa shape index (κ1) is 17.5. The maximum atomic E-state index is 11.9. The first-order valence-corrected chi connectivity index (χ1v) is 9.93. The second kappa shape index (κ2) is 6.74. The van der Waals surface area contributed by atoms with Crippen LogP contribution in [0.3, 0.4) is 0 Å². The lowest BCUT2D eigenvalue weighted by Crippen LogP contribution is -2.53. The molecule has 6 nitrogen and oxygen atoms in total. The van der Waals surface area contributed by atoms with Crippen LogP contribution in [0, 0.1) is 0 Å². The van der Waals surface area contributed by atoms with E-state index in [2.05, 4.69) is 10.6 Å². The first-order valence-electron chi connectivity index (χ1n) is 8.11. The number of hydrogen-bond donors (Lipinski definition) is 2. The summed E-state index contributed by atoms with van der Waals surface area (Å²) in [7, 11) is -2.91. The molecule has 0 aromatic heterocycles. The molecule has 2 N–H and O–H groups in total. The zero-order valence-electron chi connectivity index (χ0n) is 13.7. The zero-order chi connectivity index (χ0) is 16.4. The SMILES string of the molecule is CC(C)(C)OC(=O)NC1CCCC1NC1CCCS(=O)(=O)C1. The quantitative estimate of drug-likeness (QED) is 0.820. The summed E-state index contributed by atoms with van der Waals surface area (Å²) in [5.41, 5.74) is -0.511. The summed E-state index contributed by atoms with van der Waals surface area (Å²) in [4.78, 5) is 11.9. The largest absolute Gasteiger partial charge is 0.444 e. The van der Waals surface area contributed by atoms with E-state index in [0.717, 1.165) is 32.1 Å². The number of rotatable bonds is 3. The minimum atomic E-state index is -2.91. The van der Waals surface area contributed by atoms with Crippen molar-refractivity contribution >= 4 is 15.9 Å². The normalized spacial score (nSPS) is 31.7. The molecule has 0 aromatic carbocycles. The van der Waals surface area contributed by atoms with Crippen molar-refractivity contribution in [2.24, 2.45) is 0 Å². The predicted molar refractivity (Wildman–Crippen MR) is 85.6 cm³/mol.